The first kappa shape index (κ1) is 21.7. The molecule has 0 fully saturated rings. The third-order valence-corrected chi connectivity index (χ3v) is 5.91. The summed E-state index contributed by atoms with van der Waals surface area (Å²) in [5.41, 5.74) is 6.53. The van der Waals surface area contributed by atoms with E-state index in [0.717, 1.165) is 17.8 Å². The average molecular weight is 457 g/mol. The van der Waals surface area contributed by atoms with Crippen molar-refractivity contribution in [2.45, 2.75) is 10.9 Å². The van der Waals surface area contributed by atoms with Crippen LogP contribution in [0, 0.1) is 21.4 Å². The number of benzene rings is 3. The maximum Gasteiger partial charge on any atom is 0.274 e. The summed E-state index contributed by atoms with van der Waals surface area (Å²) in [5.74, 6) is -0.640. The van der Waals surface area contributed by atoms with Crippen LogP contribution in [0.3, 0.4) is 0 Å². The first-order valence-electron chi connectivity index (χ1n) is 9.61. The third-order valence-electron chi connectivity index (χ3n) is 4.92. The van der Waals surface area contributed by atoms with Gasteiger partial charge in [-0.3, -0.25) is 24.3 Å². The number of carbonyl (C=O) groups excluding carboxylic acids is 1. The maximum absolute atomic E-state index is 13.3. The number of nitrogens with zero attached hydrogens (tertiary/aromatic N) is 4. The van der Waals surface area contributed by atoms with Gasteiger partial charge in [0, 0.05) is 22.9 Å². The quantitative estimate of drug-likeness (QED) is 0.202. The molecular formula is C23H15N5O4S. The number of amides is 1. The predicted molar refractivity (Wildman–Crippen MR) is 123 cm³/mol. The minimum atomic E-state index is -0.761. The van der Waals surface area contributed by atoms with Gasteiger partial charge in [-0.25, -0.2) is 4.98 Å². The van der Waals surface area contributed by atoms with Gasteiger partial charge in [-0.05, 0) is 42.5 Å². The zero-order chi connectivity index (χ0) is 23.5. The molecule has 0 aliphatic heterocycles. The molecule has 1 aromatic heterocycles. The van der Waals surface area contributed by atoms with E-state index in [2.05, 4.69) is 4.98 Å². The van der Waals surface area contributed by atoms with Gasteiger partial charge < -0.3 is 5.73 Å². The van der Waals surface area contributed by atoms with E-state index in [-0.39, 0.29) is 22.6 Å². The number of thioether (sulfide) groups is 1. The Hall–Kier alpha value is -4.49. The minimum Gasteiger partial charge on any atom is -0.366 e. The van der Waals surface area contributed by atoms with Crippen molar-refractivity contribution in [3.63, 3.8) is 0 Å². The van der Waals surface area contributed by atoms with Crippen molar-refractivity contribution < 1.29 is 9.72 Å². The van der Waals surface area contributed by atoms with Crippen molar-refractivity contribution in [2.75, 3.05) is 0 Å². The lowest BCUT2D eigenvalue weighted by Crippen LogP contribution is -2.21. The molecule has 162 valence electrons. The van der Waals surface area contributed by atoms with Gasteiger partial charge in [0.05, 0.1) is 33.1 Å². The number of nitro benzene ring substituents is 1. The molecule has 0 aliphatic rings. The Kier molecular flexibility index (Phi) is 5.89. The lowest BCUT2D eigenvalue weighted by Gasteiger charge is -2.13. The molecule has 0 radical (unpaired) electrons. The monoisotopic (exact) mass is 457 g/mol. The zero-order valence-electron chi connectivity index (χ0n) is 17.0. The molecule has 10 heteroatoms. The van der Waals surface area contributed by atoms with Crippen LogP contribution in [0.25, 0.3) is 16.6 Å². The van der Waals surface area contributed by atoms with Crippen LogP contribution in [0.2, 0.25) is 0 Å². The Morgan fingerprint density at radius 2 is 1.88 bits per heavy atom. The first-order chi connectivity index (χ1) is 15.9. The normalized spacial score (nSPS) is 10.6. The highest BCUT2D eigenvalue weighted by molar-refractivity contribution is 7.98. The van der Waals surface area contributed by atoms with Crippen LogP contribution in [0.1, 0.15) is 21.5 Å². The molecular weight excluding hydrogens is 442 g/mol. The fraction of sp³-hybridized carbons (Fsp3) is 0.0435. The number of hydrogen-bond acceptors (Lipinski definition) is 7. The van der Waals surface area contributed by atoms with Crippen LogP contribution in [0.4, 0.5) is 5.69 Å². The van der Waals surface area contributed by atoms with E-state index in [1.807, 2.05) is 6.07 Å². The molecule has 0 spiro atoms. The Morgan fingerprint density at radius 3 is 2.55 bits per heavy atom. The Labute approximate surface area is 191 Å². The van der Waals surface area contributed by atoms with Gasteiger partial charge in [-0.2, -0.15) is 5.26 Å². The van der Waals surface area contributed by atoms with Gasteiger partial charge >= 0.3 is 0 Å². The molecule has 33 heavy (non-hydrogen) atoms. The maximum atomic E-state index is 13.3. The smallest absolute Gasteiger partial charge is 0.274 e. The van der Waals surface area contributed by atoms with E-state index in [0.29, 0.717) is 32.9 Å². The average Bonchev–Trinajstić information content (AvgIpc) is 2.82. The molecule has 1 amide bonds. The van der Waals surface area contributed by atoms with E-state index >= 15 is 0 Å². The van der Waals surface area contributed by atoms with E-state index in [1.165, 1.54) is 16.7 Å². The number of nitro groups is 1. The fourth-order valence-electron chi connectivity index (χ4n) is 3.27. The molecule has 0 saturated carbocycles. The lowest BCUT2D eigenvalue weighted by atomic mass is 10.1. The minimum absolute atomic E-state index is 0.0359. The molecule has 1 heterocycles. The number of hydrogen-bond donors (Lipinski definition) is 1. The molecule has 9 nitrogen and oxygen atoms in total. The summed E-state index contributed by atoms with van der Waals surface area (Å²) < 4.78 is 1.41. The standard InChI is InChI=1S/C23H15N5O4S/c24-12-14-5-9-17(10-6-14)27-22(30)18-3-1-2-4-19(18)26-23(27)33-13-16-8-7-15(21(25)29)11-20(16)28(31)32/h1-11H,13H2,(H2,25,29). The van der Waals surface area contributed by atoms with E-state index in [9.17, 15) is 19.7 Å². The Balaban J connectivity index is 1.81. The highest BCUT2D eigenvalue weighted by atomic mass is 32.2. The second-order valence-electron chi connectivity index (χ2n) is 6.96. The van der Waals surface area contributed by atoms with E-state index < -0.39 is 10.8 Å². The lowest BCUT2D eigenvalue weighted by molar-refractivity contribution is -0.385. The summed E-state index contributed by atoms with van der Waals surface area (Å²) in [4.78, 5) is 40.3. The number of carbonyl (C=O) groups is 1. The second-order valence-corrected chi connectivity index (χ2v) is 7.91. The largest absolute Gasteiger partial charge is 0.366 e. The van der Waals surface area contributed by atoms with Crippen molar-refractivity contribution in [3.05, 3.63) is 104 Å². The zero-order valence-corrected chi connectivity index (χ0v) is 17.8. The van der Waals surface area contributed by atoms with Crippen molar-refractivity contribution >= 4 is 34.3 Å². The summed E-state index contributed by atoms with van der Waals surface area (Å²) in [7, 11) is 0. The van der Waals surface area contributed by atoms with Gasteiger partial charge in [0.2, 0.25) is 5.91 Å². The van der Waals surface area contributed by atoms with Crippen LogP contribution >= 0.6 is 11.8 Å². The Bertz CT molecular complexity index is 1510. The van der Waals surface area contributed by atoms with Crippen molar-refractivity contribution in [3.8, 4) is 11.8 Å². The summed E-state index contributed by atoms with van der Waals surface area (Å²) in [5, 5.41) is 21.3. The van der Waals surface area contributed by atoms with Crippen LogP contribution in [-0.4, -0.2) is 20.4 Å². The molecule has 0 aliphatic carbocycles. The van der Waals surface area contributed by atoms with Gasteiger partial charge in [-0.15, -0.1) is 0 Å². The number of primary amides is 1. The van der Waals surface area contributed by atoms with Crippen LogP contribution in [-0.2, 0) is 5.75 Å². The Morgan fingerprint density at radius 1 is 1.15 bits per heavy atom. The second kappa shape index (κ2) is 8.94. The number of fused-ring (bicyclic) bond motifs is 1. The molecule has 4 rings (SSSR count). The summed E-state index contributed by atoms with van der Waals surface area (Å²) in [6.45, 7) is 0. The topological polar surface area (TPSA) is 145 Å². The van der Waals surface area contributed by atoms with Crippen LogP contribution < -0.4 is 11.3 Å². The van der Waals surface area contributed by atoms with E-state index in [4.69, 9.17) is 11.0 Å². The number of rotatable bonds is 6. The molecule has 0 bridgehead atoms. The highest BCUT2D eigenvalue weighted by Gasteiger charge is 2.19. The summed E-state index contributed by atoms with van der Waals surface area (Å²) in [6.07, 6.45) is 0. The molecule has 0 unspecified atom stereocenters. The van der Waals surface area contributed by atoms with Crippen LogP contribution in [0.15, 0.2) is 76.7 Å². The van der Waals surface area contributed by atoms with Gasteiger partial charge in [0.1, 0.15) is 0 Å². The van der Waals surface area contributed by atoms with Crippen LogP contribution in [0.5, 0.6) is 0 Å². The number of nitrogens with two attached hydrogens (primary N) is 1. The summed E-state index contributed by atoms with van der Waals surface area (Å²) >= 11 is 1.15. The van der Waals surface area contributed by atoms with Gasteiger partial charge in [0.25, 0.3) is 11.2 Å². The van der Waals surface area contributed by atoms with Gasteiger partial charge in [0.15, 0.2) is 5.16 Å². The SMILES string of the molecule is N#Cc1ccc(-n2c(SCc3ccc(C(N)=O)cc3[N+](=O)[O-])nc3ccccc3c2=O)cc1. The van der Waals surface area contributed by atoms with Gasteiger partial charge in [-0.1, -0.05) is 30.0 Å². The third kappa shape index (κ3) is 4.30. The number of nitriles is 1. The number of para-hydroxylation sites is 1. The molecule has 4 aromatic rings. The number of aromatic nitrogens is 2. The van der Waals surface area contributed by atoms with Crippen molar-refractivity contribution in [1.29, 1.82) is 5.26 Å². The first-order valence-corrected chi connectivity index (χ1v) is 10.6. The molecule has 0 atom stereocenters. The van der Waals surface area contributed by atoms with E-state index in [1.54, 1.807) is 48.5 Å². The highest BCUT2D eigenvalue weighted by Crippen LogP contribution is 2.29. The molecule has 3 aromatic carbocycles. The van der Waals surface area contributed by atoms with Crippen molar-refractivity contribution in [2.24, 2.45) is 5.73 Å². The predicted octanol–water partition coefficient (Wildman–Crippen LogP) is 3.56. The van der Waals surface area contributed by atoms with Crippen molar-refractivity contribution in [1.82, 2.24) is 9.55 Å². The molecule has 0 saturated heterocycles. The fourth-order valence-corrected chi connectivity index (χ4v) is 4.28. The molecule has 2 N–H and O–H groups in total. The summed E-state index contributed by atoms with van der Waals surface area (Å²) in [6, 6.07) is 19.4.